The second kappa shape index (κ2) is 6.33. The molecule has 1 aliphatic rings. The SMILES string of the molecule is CCCNC1CCCc2sc(-c3cncc(Br)c3)nc21. The van der Waals surface area contributed by atoms with Gasteiger partial charge in [-0.25, -0.2) is 4.98 Å². The Labute approximate surface area is 132 Å². The van der Waals surface area contributed by atoms with Gasteiger partial charge in [-0.2, -0.15) is 0 Å². The first-order valence-electron chi connectivity index (χ1n) is 7.12. The number of thiazole rings is 1. The summed E-state index contributed by atoms with van der Waals surface area (Å²) in [4.78, 5) is 10.6. The van der Waals surface area contributed by atoms with E-state index in [1.165, 1.54) is 36.3 Å². The van der Waals surface area contributed by atoms with Crippen molar-refractivity contribution in [2.75, 3.05) is 6.54 Å². The number of pyridine rings is 1. The molecule has 106 valence electrons. The molecule has 0 aliphatic heterocycles. The van der Waals surface area contributed by atoms with Crippen LogP contribution in [-0.4, -0.2) is 16.5 Å². The summed E-state index contributed by atoms with van der Waals surface area (Å²) in [5, 5.41) is 4.71. The lowest BCUT2D eigenvalue weighted by Gasteiger charge is -2.22. The molecule has 0 saturated heterocycles. The molecule has 3 nitrogen and oxygen atoms in total. The molecule has 1 unspecified atom stereocenters. The number of rotatable bonds is 4. The summed E-state index contributed by atoms with van der Waals surface area (Å²) in [5.74, 6) is 0. The van der Waals surface area contributed by atoms with Crippen LogP contribution >= 0.6 is 27.3 Å². The first-order valence-corrected chi connectivity index (χ1v) is 8.72. The zero-order valence-corrected chi connectivity index (χ0v) is 13.9. The standard InChI is InChI=1S/C15H18BrN3S/c1-2-6-18-12-4-3-5-13-14(12)19-15(20-13)10-7-11(16)9-17-8-10/h7-9,12,18H,2-6H2,1H3. The third kappa shape index (κ3) is 2.95. The van der Waals surface area contributed by atoms with Crippen molar-refractivity contribution >= 4 is 27.3 Å². The highest BCUT2D eigenvalue weighted by Gasteiger charge is 2.24. The summed E-state index contributed by atoms with van der Waals surface area (Å²) >= 11 is 5.30. The van der Waals surface area contributed by atoms with Crippen molar-refractivity contribution in [2.24, 2.45) is 0 Å². The molecule has 0 fully saturated rings. The Morgan fingerprint density at radius 2 is 2.35 bits per heavy atom. The number of halogens is 1. The summed E-state index contributed by atoms with van der Waals surface area (Å²) < 4.78 is 1.00. The fraction of sp³-hybridized carbons (Fsp3) is 0.467. The van der Waals surface area contributed by atoms with Crippen molar-refractivity contribution in [3.8, 4) is 10.6 Å². The fourth-order valence-electron chi connectivity index (χ4n) is 2.59. The van der Waals surface area contributed by atoms with E-state index in [1.54, 1.807) is 0 Å². The minimum Gasteiger partial charge on any atom is -0.309 e. The van der Waals surface area contributed by atoms with Gasteiger partial charge in [0.15, 0.2) is 0 Å². The number of aryl methyl sites for hydroxylation is 1. The predicted octanol–water partition coefficient (Wildman–Crippen LogP) is 4.34. The zero-order valence-electron chi connectivity index (χ0n) is 11.5. The summed E-state index contributed by atoms with van der Waals surface area (Å²) in [5.41, 5.74) is 2.37. The van der Waals surface area contributed by atoms with Gasteiger partial charge in [0, 0.05) is 27.3 Å². The van der Waals surface area contributed by atoms with Crippen LogP contribution in [0.5, 0.6) is 0 Å². The Morgan fingerprint density at radius 1 is 1.45 bits per heavy atom. The van der Waals surface area contributed by atoms with Gasteiger partial charge < -0.3 is 5.32 Å². The number of nitrogens with one attached hydrogen (secondary N) is 1. The van der Waals surface area contributed by atoms with E-state index in [0.29, 0.717) is 6.04 Å². The third-order valence-electron chi connectivity index (χ3n) is 3.55. The summed E-state index contributed by atoms with van der Waals surface area (Å²) in [6.07, 6.45) is 8.49. The Bertz CT molecular complexity index is 597. The maximum Gasteiger partial charge on any atom is 0.125 e. The molecule has 1 atom stereocenters. The van der Waals surface area contributed by atoms with Crippen LogP contribution in [0.4, 0.5) is 0 Å². The number of hydrogen-bond acceptors (Lipinski definition) is 4. The van der Waals surface area contributed by atoms with Gasteiger partial charge in [-0.1, -0.05) is 6.92 Å². The Hall–Kier alpha value is -0.780. The highest BCUT2D eigenvalue weighted by molar-refractivity contribution is 9.10. The van der Waals surface area contributed by atoms with Crippen LogP contribution in [0.15, 0.2) is 22.9 Å². The highest BCUT2D eigenvalue weighted by atomic mass is 79.9. The van der Waals surface area contributed by atoms with Crippen LogP contribution in [0.1, 0.15) is 42.8 Å². The average Bonchev–Trinajstić information content (AvgIpc) is 2.89. The topological polar surface area (TPSA) is 37.8 Å². The van der Waals surface area contributed by atoms with E-state index in [1.807, 2.05) is 23.7 Å². The molecule has 0 spiro atoms. The van der Waals surface area contributed by atoms with Crippen molar-refractivity contribution in [3.63, 3.8) is 0 Å². The quantitative estimate of drug-likeness (QED) is 0.889. The van der Waals surface area contributed by atoms with E-state index in [2.05, 4.69) is 39.2 Å². The van der Waals surface area contributed by atoms with Crippen molar-refractivity contribution in [3.05, 3.63) is 33.5 Å². The number of fused-ring (bicyclic) bond motifs is 1. The lowest BCUT2D eigenvalue weighted by molar-refractivity contribution is 0.454. The highest BCUT2D eigenvalue weighted by Crippen LogP contribution is 2.37. The van der Waals surface area contributed by atoms with Crippen molar-refractivity contribution in [1.29, 1.82) is 0 Å². The lowest BCUT2D eigenvalue weighted by atomic mass is 9.97. The summed E-state index contributed by atoms with van der Waals surface area (Å²) in [6, 6.07) is 2.52. The van der Waals surface area contributed by atoms with E-state index < -0.39 is 0 Å². The largest absolute Gasteiger partial charge is 0.309 e. The summed E-state index contributed by atoms with van der Waals surface area (Å²) in [6.45, 7) is 3.27. The van der Waals surface area contributed by atoms with E-state index in [0.717, 1.165) is 21.6 Å². The monoisotopic (exact) mass is 351 g/mol. The van der Waals surface area contributed by atoms with E-state index in [9.17, 15) is 0 Å². The van der Waals surface area contributed by atoms with Crippen LogP contribution in [0.3, 0.4) is 0 Å². The molecule has 2 aromatic heterocycles. The van der Waals surface area contributed by atoms with Gasteiger partial charge in [0.2, 0.25) is 0 Å². The summed E-state index contributed by atoms with van der Waals surface area (Å²) in [7, 11) is 0. The van der Waals surface area contributed by atoms with Gasteiger partial charge in [0.05, 0.1) is 11.7 Å². The van der Waals surface area contributed by atoms with Gasteiger partial charge in [0.1, 0.15) is 5.01 Å². The van der Waals surface area contributed by atoms with Crippen LogP contribution in [-0.2, 0) is 6.42 Å². The lowest BCUT2D eigenvalue weighted by Crippen LogP contribution is -2.25. The molecule has 3 rings (SSSR count). The zero-order chi connectivity index (χ0) is 13.9. The van der Waals surface area contributed by atoms with Crippen molar-refractivity contribution in [2.45, 2.75) is 38.6 Å². The Kier molecular flexibility index (Phi) is 4.48. The van der Waals surface area contributed by atoms with Gasteiger partial charge in [-0.05, 0) is 54.2 Å². The smallest absolute Gasteiger partial charge is 0.125 e. The van der Waals surface area contributed by atoms with Gasteiger partial charge >= 0.3 is 0 Å². The van der Waals surface area contributed by atoms with Gasteiger partial charge in [-0.3, -0.25) is 4.98 Å². The second-order valence-corrected chi connectivity index (χ2v) is 7.12. The molecule has 5 heteroatoms. The van der Waals surface area contributed by atoms with E-state index >= 15 is 0 Å². The molecule has 0 radical (unpaired) electrons. The number of nitrogens with zero attached hydrogens (tertiary/aromatic N) is 2. The minimum absolute atomic E-state index is 0.434. The van der Waals surface area contributed by atoms with Crippen LogP contribution < -0.4 is 5.32 Å². The molecule has 20 heavy (non-hydrogen) atoms. The minimum atomic E-state index is 0.434. The average molecular weight is 352 g/mol. The van der Waals surface area contributed by atoms with Crippen LogP contribution in [0.2, 0.25) is 0 Å². The van der Waals surface area contributed by atoms with Crippen molar-refractivity contribution < 1.29 is 0 Å². The van der Waals surface area contributed by atoms with Crippen molar-refractivity contribution in [1.82, 2.24) is 15.3 Å². The molecule has 0 amide bonds. The first-order chi connectivity index (χ1) is 9.78. The Balaban J connectivity index is 1.91. The van der Waals surface area contributed by atoms with Crippen LogP contribution in [0.25, 0.3) is 10.6 Å². The molecule has 1 N–H and O–H groups in total. The molecule has 2 heterocycles. The second-order valence-electron chi connectivity index (χ2n) is 5.12. The molecule has 2 aromatic rings. The molecule has 1 aliphatic carbocycles. The van der Waals surface area contributed by atoms with E-state index in [4.69, 9.17) is 4.98 Å². The normalized spacial score (nSPS) is 18.0. The predicted molar refractivity (Wildman–Crippen MR) is 87.0 cm³/mol. The fourth-order valence-corrected chi connectivity index (χ4v) is 4.10. The van der Waals surface area contributed by atoms with Gasteiger partial charge in [0.25, 0.3) is 0 Å². The maximum atomic E-state index is 4.89. The van der Waals surface area contributed by atoms with E-state index in [-0.39, 0.29) is 0 Å². The maximum absolute atomic E-state index is 4.89. The molecular formula is C15H18BrN3S. The van der Waals surface area contributed by atoms with Gasteiger partial charge in [-0.15, -0.1) is 11.3 Å². The molecule has 0 aromatic carbocycles. The molecule has 0 saturated carbocycles. The first kappa shape index (κ1) is 14.2. The number of aromatic nitrogens is 2. The van der Waals surface area contributed by atoms with Crippen LogP contribution in [0, 0.1) is 0 Å². The third-order valence-corrected chi connectivity index (χ3v) is 5.16. The molecular weight excluding hydrogens is 334 g/mol. The molecule has 0 bridgehead atoms. The number of hydrogen-bond donors (Lipinski definition) is 1. The Morgan fingerprint density at radius 3 is 3.15 bits per heavy atom.